The SMILES string of the molecule is CCC(=O)c1ccc(NS)cc1. The highest BCUT2D eigenvalue weighted by molar-refractivity contribution is 7.81. The number of ketones is 1. The summed E-state index contributed by atoms with van der Waals surface area (Å²) in [5, 5.41) is 0. The number of nitrogens with one attached hydrogen (secondary N) is 1. The van der Waals surface area contributed by atoms with Crippen molar-refractivity contribution in [3.63, 3.8) is 0 Å². The summed E-state index contributed by atoms with van der Waals surface area (Å²) in [6, 6.07) is 7.25. The van der Waals surface area contributed by atoms with Gasteiger partial charge in [-0.2, -0.15) is 0 Å². The number of rotatable bonds is 3. The normalized spacial score (nSPS) is 9.50. The highest BCUT2D eigenvalue weighted by Crippen LogP contribution is 2.11. The number of hydrogen-bond donors (Lipinski definition) is 2. The Kier molecular flexibility index (Phi) is 3.17. The molecule has 1 aromatic rings. The first-order valence-corrected chi connectivity index (χ1v) is 4.26. The lowest BCUT2D eigenvalue weighted by atomic mass is 10.1. The zero-order chi connectivity index (χ0) is 8.97. The van der Waals surface area contributed by atoms with E-state index < -0.39 is 0 Å². The maximum atomic E-state index is 11.2. The molecule has 0 aliphatic carbocycles. The van der Waals surface area contributed by atoms with Crippen molar-refractivity contribution in [1.29, 1.82) is 0 Å². The van der Waals surface area contributed by atoms with Crippen LogP contribution in [0.4, 0.5) is 5.69 Å². The lowest BCUT2D eigenvalue weighted by Gasteiger charge is -2.00. The first kappa shape index (κ1) is 9.13. The van der Waals surface area contributed by atoms with E-state index in [4.69, 9.17) is 0 Å². The van der Waals surface area contributed by atoms with Crippen molar-refractivity contribution in [1.82, 2.24) is 0 Å². The molecular weight excluding hydrogens is 170 g/mol. The molecule has 0 saturated heterocycles. The van der Waals surface area contributed by atoms with Crippen LogP contribution >= 0.6 is 12.8 Å². The fourth-order valence-corrected chi connectivity index (χ4v) is 1.08. The summed E-state index contributed by atoms with van der Waals surface area (Å²) in [5.74, 6) is 0.167. The maximum absolute atomic E-state index is 11.2. The van der Waals surface area contributed by atoms with E-state index in [1.165, 1.54) is 0 Å². The van der Waals surface area contributed by atoms with Gasteiger partial charge < -0.3 is 4.72 Å². The third-order valence-electron chi connectivity index (χ3n) is 1.66. The number of benzene rings is 1. The second-order valence-electron chi connectivity index (χ2n) is 2.47. The van der Waals surface area contributed by atoms with Crippen molar-refractivity contribution in [3.8, 4) is 0 Å². The summed E-state index contributed by atoms with van der Waals surface area (Å²) in [4.78, 5) is 11.2. The van der Waals surface area contributed by atoms with Gasteiger partial charge in [-0.25, -0.2) is 0 Å². The lowest BCUT2D eigenvalue weighted by molar-refractivity contribution is 0.0988. The van der Waals surface area contributed by atoms with Gasteiger partial charge in [0.1, 0.15) is 0 Å². The zero-order valence-corrected chi connectivity index (χ0v) is 7.77. The lowest BCUT2D eigenvalue weighted by Crippen LogP contribution is -1.95. The number of carbonyl (C=O) groups excluding carboxylic acids is 1. The van der Waals surface area contributed by atoms with Gasteiger partial charge in [0, 0.05) is 17.7 Å². The highest BCUT2D eigenvalue weighted by atomic mass is 32.1. The standard InChI is InChI=1S/C9H11NOS/c1-2-9(11)7-3-5-8(10-12)6-4-7/h3-6,10,12H,2H2,1H3. The molecule has 0 atom stereocenters. The topological polar surface area (TPSA) is 29.1 Å². The highest BCUT2D eigenvalue weighted by Gasteiger charge is 2.00. The van der Waals surface area contributed by atoms with Crippen LogP contribution in [0.1, 0.15) is 23.7 Å². The number of Topliss-reactive ketones (excluding diaryl/α,β-unsaturated/α-hetero) is 1. The molecule has 3 heteroatoms. The Bertz CT molecular complexity index is 268. The molecule has 0 bridgehead atoms. The number of thiol groups is 1. The second kappa shape index (κ2) is 4.16. The van der Waals surface area contributed by atoms with Crippen molar-refractivity contribution >= 4 is 24.3 Å². The fraction of sp³-hybridized carbons (Fsp3) is 0.222. The Morgan fingerprint density at radius 3 is 2.42 bits per heavy atom. The van der Waals surface area contributed by atoms with E-state index in [1.807, 2.05) is 19.1 Å². The Labute approximate surface area is 77.5 Å². The minimum absolute atomic E-state index is 0.167. The van der Waals surface area contributed by atoms with E-state index in [0.717, 1.165) is 11.3 Å². The van der Waals surface area contributed by atoms with E-state index in [9.17, 15) is 4.79 Å². The van der Waals surface area contributed by atoms with E-state index in [-0.39, 0.29) is 5.78 Å². The molecule has 12 heavy (non-hydrogen) atoms. The first-order valence-electron chi connectivity index (χ1n) is 3.81. The third-order valence-corrected chi connectivity index (χ3v) is 1.92. The molecule has 0 spiro atoms. The summed E-state index contributed by atoms with van der Waals surface area (Å²) in [5.41, 5.74) is 1.65. The molecule has 0 saturated carbocycles. The molecular formula is C9H11NOS. The molecule has 0 radical (unpaired) electrons. The Morgan fingerprint density at radius 2 is 2.00 bits per heavy atom. The summed E-state index contributed by atoms with van der Waals surface area (Å²) in [7, 11) is 0. The van der Waals surface area contributed by atoms with Gasteiger partial charge in [0.05, 0.1) is 0 Å². The van der Waals surface area contributed by atoms with Crippen LogP contribution in [0.2, 0.25) is 0 Å². The van der Waals surface area contributed by atoms with Gasteiger partial charge in [-0.15, -0.1) is 0 Å². The maximum Gasteiger partial charge on any atom is 0.162 e. The van der Waals surface area contributed by atoms with Crippen molar-refractivity contribution in [2.24, 2.45) is 0 Å². The minimum Gasteiger partial charge on any atom is -0.332 e. The molecule has 0 aromatic heterocycles. The number of carbonyl (C=O) groups is 1. The third kappa shape index (κ3) is 2.01. The fourth-order valence-electron chi connectivity index (χ4n) is 0.935. The Balaban J connectivity index is 2.84. The smallest absolute Gasteiger partial charge is 0.162 e. The first-order chi connectivity index (χ1) is 5.77. The van der Waals surface area contributed by atoms with Gasteiger partial charge in [0.2, 0.25) is 0 Å². The summed E-state index contributed by atoms with van der Waals surface area (Å²) >= 11 is 3.88. The molecule has 0 unspecified atom stereocenters. The van der Waals surface area contributed by atoms with Gasteiger partial charge in [-0.1, -0.05) is 19.7 Å². The number of hydrogen-bond acceptors (Lipinski definition) is 3. The quantitative estimate of drug-likeness (QED) is 0.554. The average molecular weight is 181 g/mol. The molecule has 0 aliphatic rings. The minimum atomic E-state index is 0.167. The van der Waals surface area contributed by atoms with Crippen LogP contribution in [0.3, 0.4) is 0 Å². The molecule has 0 aliphatic heterocycles. The molecule has 64 valence electrons. The van der Waals surface area contributed by atoms with Gasteiger partial charge in [0.25, 0.3) is 0 Å². The molecule has 1 rings (SSSR count). The summed E-state index contributed by atoms with van der Waals surface area (Å²) < 4.78 is 2.69. The van der Waals surface area contributed by atoms with E-state index in [1.54, 1.807) is 12.1 Å². The molecule has 0 fully saturated rings. The second-order valence-corrected chi connectivity index (χ2v) is 2.69. The van der Waals surface area contributed by atoms with Crippen LogP contribution in [0.25, 0.3) is 0 Å². The summed E-state index contributed by atoms with van der Waals surface area (Å²) in [6.07, 6.45) is 0.549. The van der Waals surface area contributed by atoms with Gasteiger partial charge in [-0.3, -0.25) is 4.79 Å². The van der Waals surface area contributed by atoms with E-state index in [0.29, 0.717) is 6.42 Å². The van der Waals surface area contributed by atoms with Crippen LogP contribution in [-0.2, 0) is 0 Å². The van der Waals surface area contributed by atoms with Gasteiger partial charge >= 0.3 is 0 Å². The molecule has 0 heterocycles. The Morgan fingerprint density at radius 1 is 1.42 bits per heavy atom. The van der Waals surface area contributed by atoms with Crippen LogP contribution in [-0.4, -0.2) is 5.78 Å². The van der Waals surface area contributed by atoms with Gasteiger partial charge in [-0.05, 0) is 24.3 Å². The molecule has 1 N–H and O–H groups in total. The Hall–Kier alpha value is -0.960. The average Bonchev–Trinajstić information content (AvgIpc) is 2.17. The van der Waals surface area contributed by atoms with E-state index in [2.05, 4.69) is 17.5 Å². The predicted octanol–water partition coefficient (Wildman–Crippen LogP) is 2.54. The predicted molar refractivity (Wildman–Crippen MR) is 53.7 cm³/mol. The molecule has 1 aromatic carbocycles. The van der Waals surface area contributed by atoms with Crippen LogP contribution < -0.4 is 4.72 Å². The van der Waals surface area contributed by atoms with Crippen LogP contribution in [0, 0.1) is 0 Å². The monoisotopic (exact) mass is 181 g/mol. The van der Waals surface area contributed by atoms with Gasteiger partial charge in [0.15, 0.2) is 5.78 Å². The van der Waals surface area contributed by atoms with E-state index >= 15 is 0 Å². The van der Waals surface area contributed by atoms with Crippen molar-refractivity contribution in [2.75, 3.05) is 4.72 Å². The summed E-state index contributed by atoms with van der Waals surface area (Å²) in [6.45, 7) is 1.85. The number of anilines is 1. The van der Waals surface area contributed by atoms with Crippen molar-refractivity contribution in [3.05, 3.63) is 29.8 Å². The van der Waals surface area contributed by atoms with Crippen molar-refractivity contribution < 1.29 is 4.79 Å². The molecule has 0 amide bonds. The van der Waals surface area contributed by atoms with Crippen LogP contribution in [0.5, 0.6) is 0 Å². The molecule has 2 nitrogen and oxygen atoms in total. The van der Waals surface area contributed by atoms with Crippen LogP contribution in [0.15, 0.2) is 24.3 Å². The largest absolute Gasteiger partial charge is 0.332 e. The van der Waals surface area contributed by atoms with Crippen molar-refractivity contribution in [2.45, 2.75) is 13.3 Å². The zero-order valence-electron chi connectivity index (χ0n) is 6.87.